The number of hydrogen-bond donors (Lipinski definition) is 0. The number of carbonyl (C=O) groups excluding carboxylic acids is 1. The van der Waals surface area contributed by atoms with Crippen LogP contribution in [0, 0.1) is 6.92 Å². The number of benzene rings is 1. The van der Waals surface area contributed by atoms with E-state index in [1.54, 1.807) is 6.92 Å². The predicted molar refractivity (Wildman–Crippen MR) is 90.6 cm³/mol. The first-order chi connectivity index (χ1) is 11.6. The first-order valence-electron chi connectivity index (χ1n) is 8.48. The van der Waals surface area contributed by atoms with E-state index in [1.807, 2.05) is 26.0 Å². The Morgan fingerprint density at radius 2 is 2.00 bits per heavy atom. The number of hydrogen-bond acceptors (Lipinski definition) is 5. The average Bonchev–Trinajstić information content (AvgIpc) is 3.06. The van der Waals surface area contributed by atoms with E-state index in [1.165, 1.54) is 0 Å². The molecule has 1 aromatic heterocycles. The summed E-state index contributed by atoms with van der Waals surface area (Å²) in [5, 5.41) is 0.969. The van der Waals surface area contributed by atoms with Crippen LogP contribution in [0.15, 0.2) is 21.3 Å². The van der Waals surface area contributed by atoms with Crippen LogP contribution in [0.1, 0.15) is 43.4 Å². The molecule has 0 N–H and O–H groups in total. The number of fused-ring (bicyclic) bond motifs is 3. The maximum absolute atomic E-state index is 12.2. The van der Waals surface area contributed by atoms with Crippen LogP contribution < -0.4 is 10.4 Å². The Morgan fingerprint density at radius 1 is 1.25 bits per heavy atom. The van der Waals surface area contributed by atoms with Gasteiger partial charge in [-0.3, -0.25) is 0 Å². The zero-order valence-corrected chi connectivity index (χ0v) is 14.3. The molecule has 2 aromatic rings. The molecule has 5 heteroatoms. The summed E-state index contributed by atoms with van der Waals surface area (Å²) in [4.78, 5) is 24.1. The van der Waals surface area contributed by atoms with Crippen LogP contribution in [0.5, 0.6) is 5.75 Å². The Kier molecular flexibility index (Phi) is 4.60. The van der Waals surface area contributed by atoms with Crippen molar-refractivity contribution in [1.29, 1.82) is 0 Å². The van der Waals surface area contributed by atoms with Gasteiger partial charge in [0.1, 0.15) is 11.3 Å². The summed E-state index contributed by atoms with van der Waals surface area (Å²) in [5.41, 5.74) is 2.92. The SMILES string of the molecule is CCOC(=O)[C@H](CC)Oc1ccc2c3c(c(=O)oc2c1C)CCC3. The number of esters is 1. The highest BCUT2D eigenvalue weighted by molar-refractivity contribution is 5.86. The number of ether oxygens (including phenoxy) is 2. The normalized spacial score (nSPS) is 14.5. The molecule has 0 aliphatic heterocycles. The molecule has 3 rings (SSSR count). The van der Waals surface area contributed by atoms with Gasteiger partial charge in [-0.15, -0.1) is 0 Å². The summed E-state index contributed by atoms with van der Waals surface area (Å²) in [6.07, 6.45) is 2.51. The van der Waals surface area contributed by atoms with Crippen LogP contribution in [-0.2, 0) is 22.4 Å². The molecular weight excluding hydrogens is 308 g/mol. The number of aryl methyl sites for hydroxylation is 2. The van der Waals surface area contributed by atoms with Crippen molar-refractivity contribution in [2.75, 3.05) is 6.61 Å². The molecule has 1 aromatic carbocycles. The van der Waals surface area contributed by atoms with E-state index >= 15 is 0 Å². The fraction of sp³-hybridized carbons (Fsp3) is 0.474. The van der Waals surface area contributed by atoms with Gasteiger partial charge in [-0.2, -0.15) is 0 Å². The molecule has 0 saturated heterocycles. The molecule has 0 radical (unpaired) electrons. The Labute approximate surface area is 140 Å². The largest absolute Gasteiger partial charge is 0.478 e. The van der Waals surface area contributed by atoms with E-state index in [2.05, 4.69) is 0 Å². The Bertz CT molecular complexity index is 834. The zero-order chi connectivity index (χ0) is 17.3. The van der Waals surface area contributed by atoms with Gasteiger partial charge in [-0.25, -0.2) is 9.59 Å². The lowest BCUT2D eigenvalue weighted by molar-refractivity contribution is -0.151. The zero-order valence-electron chi connectivity index (χ0n) is 14.3. The van der Waals surface area contributed by atoms with Gasteiger partial charge < -0.3 is 13.9 Å². The minimum absolute atomic E-state index is 0.257. The monoisotopic (exact) mass is 330 g/mol. The minimum Gasteiger partial charge on any atom is -0.478 e. The highest BCUT2D eigenvalue weighted by atomic mass is 16.6. The van der Waals surface area contributed by atoms with Gasteiger partial charge in [0.25, 0.3) is 0 Å². The van der Waals surface area contributed by atoms with Crippen molar-refractivity contribution in [2.24, 2.45) is 0 Å². The molecule has 1 atom stereocenters. The maximum Gasteiger partial charge on any atom is 0.347 e. The molecule has 24 heavy (non-hydrogen) atoms. The van der Waals surface area contributed by atoms with Crippen LogP contribution in [0.3, 0.4) is 0 Å². The quantitative estimate of drug-likeness (QED) is 0.621. The van der Waals surface area contributed by atoms with Gasteiger partial charge in [0.2, 0.25) is 0 Å². The number of rotatable bonds is 5. The van der Waals surface area contributed by atoms with E-state index in [0.29, 0.717) is 24.4 Å². The third-order valence-corrected chi connectivity index (χ3v) is 4.53. The lowest BCUT2D eigenvalue weighted by atomic mass is 10.0. The Hall–Kier alpha value is -2.30. The fourth-order valence-electron chi connectivity index (χ4n) is 3.28. The molecule has 1 heterocycles. The van der Waals surface area contributed by atoms with Crippen LogP contribution >= 0.6 is 0 Å². The van der Waals surface area contributed by atoms with E-state index in [9.17, 15) is 9.59 Å². The summed E-state index contributed by atoms with van der Waals surface area (Å²) in [6.45, 7) is 5.79. The van der Waals surface area contributed by atoms with Crippen LogP contribution in [0.25, 0.3) is 11.0 Å². The second-order valence-corrected chi connectivity index (χ2v) is 6.03. The molecule has 128 valence electrons. The van der Waals surface area contributed by atoms with Crippen LogP contribution in [-0.4, -0.2) is 18.7 Å². The van der Waals surface area contributed by atoms with Gasteiger partial charge in [0, 0.05) is 16.5 Å². The fourth-order valence-corrected chi connectivity index (χ4v) is 3.28. The summed E-state index contributed by atoms with van der Waals surface area (Å²) in [7, 11) is 0. The van der Waals surface area contributed by atoms with Crippen molar-refractivity contribution in [3.05, 3.63) is 39.2 Å². The summed E-state index contributed by atoms with van der Waals surface area (Å²) in [5.74, 6) is 0.165. The third-order valence-electron chi connectivity index (χ3n) is 4.53. The molecule has 0 saturated carbocycles. The van der Waals surface area contributed by atoms with Crippen molar-refractivity contribution < 1.29 is 18.7 Å². The molecular formula is C19H22O5. The summed E-state index contributed by atoms with van der Waals surface area (Å²) >= 11 is 0. The minimum atomic E-state index is -0.665. The Balaban J connectivity index is 2.02. The average molecular weight is 330 g/mol. The molecule has 0 fully saturated rings. The molecule has 0 bridgehead atoms. The van der Waals surface area contributed by atoms with E-state index in [4.69, 9.17) is 13.9 Å². The third kappa shape index (κ3) is 2.79. The molecule has 1 aliphatic rings. The molecule has 0 unspecified atom stereocenters. The van der Waals surface area contributed by atoms with Crippen molar-refractivity contribution in [3.8, 4) is 5.75 Å². The molecule has 0 amide bonds. The molecule has 1 aliphatic carbocycles. The van der Waals surface area contributed by atoms with Crippen molar-refractivity contribution >= 4 is 16.9 Å². The lowest BCUT2D eigenvalue weighted by Gasteiger charge is -2.18. The van der Waals surface area contributed by atoms with Crippen molar-refractivity contribution in [3.63, 3.8) is 0 Å². The highest BCUT2D eigenvalue weighted by Gasteiger charge is 2.24. The maximum atomic E-state index is 12.2. The van der Waals surface area contributed by atoms with E-state index in [-0.39, 0.29) is 11.6 Å². The van der Waals surface area contributed by atoms with Crippen LogP contribution in [0.4, 0.5) is 0 Å². The van der Waals surface area contributed by atoms with Crippen molar-refractivity contribution in [2.45, 2.75) is 52.6 Å². The predicted octanol–water partition coefficient (Wildman–Crippen LogP) is 3.31. The lowest BCUT2D eigenvalue weighted by Crippen LogP contribution is -2.29. The topological polar surface area (TPSA) is 65.7 Å². The summed E-state index contributed by atoms with van der Waals surface area (Å²) in [6, 6.07) is 3.76. The first-order valence-corrected chi connectivity index (χ1v) is 8.48. The van der Waals surface area contributed by atoms with Gasteiger partial charge in [-0.05, 0) is 57.2 Å². The number of carbonyl (C=O) groups is 1. The molecule has 0 spiro atoms. The second-order valence-electron chi connectivity index (χ2n) is 6.03. The highest BCUT2D eigenvalue weighted by Crippen LogP contribution is 2.33. The smallest absolute Gasteiger partial charge is 0.347 e. The van der Waals surface area contributed by atoms with Gasteiger partial charge in [-0.1, -0.05) is 6.92 Å². The second kappa shape index (κ2) is 6.67. The van der Waals surface area contributed by atoms with Crippen molar-refractivity contribution in [1.82, 2.24) is 0 Å². The van der Waals surface area contributed by atoms with E-state index in [0.717, 1.165) is 41.3 Å². The van der Waals surface area contributed by atoms with Gasteiger partial charge in [0.05, 0.1) is 6.61 Å². The van der Waals surface area contributed by atoms with E-state index < -0.39 is 6.10 Å². The first kappa shape index (κ1) is 16.6. The van der Waals surface area contributed by atoms with Gasteiger partial charge in [0.15, 0.2) is 6.10 Å². The summed E-state index contributed by atoms with van der Waals surface area (Å²) < 4.78 is 16.4. The standard InChI is InChI=1S/C19H22O5/c1-4-15(19(21)22-5-2)23-16-10-9-13-12-7-6-8-14(12)18(20)24-17(13)11(16)3/h9-10,15H,4-8H2,1-3H3/t15-/m0/s1. The van der Waals surface area contributed by atoms with Gasteiger partial charge >= 0.3 is 11.6 Å². The molecule has 5 nitrogen and oxygen atoms in total. The Morgan fingerprint density at radius 3 is 2.71 bits per heavy atom. The van der Waals surface area contributed by atoms with Crippen LogP contribution in [0.2, 0.25) is 0 Å².